The Morgan fingerprint density at radius 2 is 1.67 bits per heavy atom. The Kier molecular flexibility index (Phi) is 6.38. The number of rotatable bonds is 7. The second kappa shape index (κ2) is 8.50. The van der Waals surface area contributed by atoms with Gasteiger partial charge in [0.1, 0.15) is 0 Å². The lowest BCUT2D eigenvalue weighted by molar-refractivity contribution is -0.115. The van der Waals surface area contributed by atoms with Crippen molar-refractivity contribution in [3.05, 3.63) is 60.2 Å². The molecule has 2 aromatic rings. The average Bonchev–Trinajstić information content (AvgIpc) is 2.55. The van der Waals surface area contributed by atoms with E-state index in [1.807, 2.05) is 59.5 Å². The van der Waals surface area contributed by atoms with E-state index in [0.717, 1.165) is 11.4 Å². The molecule has 0 fully saturated rings. The number of carbonyl (C=O) groups is 1. The quantitative estimate of drug-likeness (QED) is 0.817. The Morgan fingerprint density at radius 1 is 1.04 bits per heavy atom. The van der Waals surface area contributed by atoms with Crippen LogP contribution in [-0.2, 0) is 4.79 Å². The lowest BCUT2D eigenvalue weighted by atomic mass is 10.0. The molecule has 0 aliphatic heterocycles. The minimum atomic E-state index is -0.511. The molecule has 1 amide bonds. The van der Waals surface area contributed by atoms with E-state index in [9.17, 15) is 9.90 Å². The normalized spacial score (nSPS) is 12.0. The third-order valence-corrected chi connectivity index (χ3v) is 3.80. The standard InChI is InChI=1S/C20H26N2O2/c1-15(2)17-9-11-18(12-10-17)21-20(24)14-22(13-16(3)23)19-7-5-4-6-8-19/h4-12,15-16,23H,13-14H2,1-3H3,(H,21,24). The van der Waals surface area contributed by atoms with E-state index < -0.39 is 6.10 Å². The van der Waals surface area contributed by atoms with Crippen LogP contribution in [0.15, 0.2) is 54.6 Å². The Bertz CT molecular complexity index is 636. The lowest BCUT2D eigenvalue weighted by Crippen LogP contribution is -2.37. The van der Waals surface area contributed by atoms with E-state index in [0.29, 0.717) is 12.5 Å². The summed E-state index contributed by atoms with van der Waals surface area (Å²) in [5.74, 6) is 0.367. The molecule has 2 N–H and O–H groups in total. The molecule has 128 valence electrons. The number of hydrogen-bond donors (Lipinski definition) is 2. The fraction of sp³-hybridized carbons (Fsp3) is 0.350. The summed E-state index contributed by atoms with van der Waals surface area (Å²) in [6.45, 7) is 6.60. The predicted molar refractivity (Wildman–Crippen MR) is 99.5 cm³/mol. The van der Waals surface area contributed by atoms with Crippen LogP contribution in [0.3, 0.4) is 0 Å². The Morgan fingerprint density at radius 3 is 2.21 bits per heavy atom. The number of anilines is 2. The van der Waals surface area contributed by atoms with Crippen LogP contribution >= 0.6 is 0 Å². The van der Waals surface area contributed by atoms with E-state index >= 15 is 0 Å². The van der Waals surface area contributed by atoms with Crippen molar-refractivity contribution >= 4 is 17.3 Å². The van der Waals surface area contributed by atoms with Crippen molar-refractivity contribution in [3.8, 4) is 0 Å². The highest BCUT2D eigenvalue weighted by Gasteiger charge is 2.14. The fourth-order valence-corrected chi connectivity index (χ4v) is 2.54. The maximum atomic E-state index is 12.4. The van der Waals surface area contributed by atoms with Crippen LogP contribution in [-0.4, -0.2) is 30.2 Å². The van der Waals surface area contributed by atoms with Gasteiger partial charge in [0.2, 0.25) is 5.91 Å². The number of carbonyl (C=O) groups excluding carboxylic acids is 1. The summed E-state index contributed by atoms with van der Waals surface area (Å²) in [5.41, 5.74) is 2.95. The first-order valence-corrected chi connectivity index (χ1v) is 8.33. The van der Waals surface area contributed by atoms with Crippen molar-refractivity contribution in [2.75, 3.05) is 23.3 Å². The number of nitrogens with one attached hydrogen (secondary N) is 1. The van der Waals surface area contributed by atoms with Gasteiger partial charge in [0.25, 0.3) is 0 Å². The number of aliphatic hydroxyl groups is 1. The monoisotopic (exact) mass is 326 g/mol. The number of para-hydroxylation sites is 1. The molecule has 0 spiro atoms. The number of hydrogen-bond acceptors (Lipinski definition) is 3. The third-order valence-electron chi connectivity index (χ3n) is 3.80. The molecule has 0 saturated heterocycles. The maximum absolute atomic E-state index is 12.4. The molecule has 2 aromatic carbocycles. The van der Waals surface area contributed by atoms with Crippen LogP contribution in [0.2, 0.25) is 0 Å². The van der Waals surface area contributed by atoms with Gasteiger partial charge in [-0.3, -0.25) is 4.79 Å². The average molecular weight is 326 g/mol. The van der Waals surface area contributed by atoms with Crippen molar-refractivity contribution in [3.63, 3.8) is 0 Å². The largest absolute Gasteiger partial charge is 0.392 e. The molecule has 4 heteroatoms. The van der Waals surface area contributed by atoms with Gasteiger partial charge in [-0.25, -0.2) is 0 Å². The summed E-state index contributed by atoms with van der Waals surface area (Å²) in [4.78, 5) is 14.2. The summed E-state index contributed by atoms with van der Waals surface area (Å²) < 4.78 is 0. The molecule has 0 bridgehead atoms. The van der Waals surface area contributed by atoms with E-state index in [1.54, 1.807) is 6.92 Å². The second-order valence-corrected chi connectivity index (χ2v) is 6.39. The Labute approximate surface area is 144 Å². The molecule has 0 saturated carbocycles. The van der Waals surface area contributed by atoms with Crippen molar-refractivity contribution < 1.29 is 9.90 Å². The maximum Gasteiger partial charge on any atom is 0.243 e. The summed E-state index contributed by atoms with van der Waals surface area (Å²) in [5, 5.41) is 12.6. The Balaban J connectivity index is 2.02. The zero-order valence-electron chi connectivity index (χ0n) is 14.6. The third kappa shape index (κ3) is 5.39. The van der Waals surface area contributed by atoms with Crippen LogP contribution in [0, 0.1) is 0 Å². The van der Waals surface area contributed by atoms with E-state index in [1.165, 1.54) is 5.56 Å². The molecule has 2 rings (SSSR count). The number of benzene rings is 2. The van der Waals surface area contributed by atoms with Gasteiger partial charge in [-0.05, 0) is 42.7 Å². The van der Waals surface area contributed by atoms with Crippen LogP contribution in [0.4, 0.5) is 11.4 Å². The summed E-state index contributed by atoms with van der Waals surface area (Å²) in [7, 11) is 0. The minimum absolute atomic E-state index is 0.100. The first-order valence-electron chi connectivity index (χ1n) is 8.33. The van der Waals surface area contributed by atoms with Crippen molar-refractivity contribution in [2.24, 2.45) is 0 Å². The molecule has 0 aromatic heterocycles. The molecule has 0 radical (unpaired) electrons. The van der Waals surface area contributed by atoms with Gasteiger partial charge in [-0.1, -0.05) is 44.2 Å². The second-order valence-electron chi connectivity index (χ2n) is 6.39. The van der Waals surface area contributed by atoms with E-state index in [2.05, 4.69) is 19.2 Å². The molecular weight excluding hydrogens is 300 g/mol. The van der Waals surface area contributed by atoms with Gasteiger partial charge in [-0.15, -0.1) is 0 Å². The smallest absolute Gasteiger partial charge is 0.243 e. The van der Waals surface area contributed by atoms with E-state index in [4.69, 9.17) is 0 Å². The van der Waals surface area contributed by atoms with Crippen molar-refractivity contribution in [1.82, 2.24) is 0 Å². The van der Waals surface area contributed by atoms with Gasteiger partial charge in [0.05, 0.1) is 12.6 Å². The van der Waals surface area contributed by atoms with Gasteiger partial charge in [0.15, 0.2) is 0 Å². The zero-order chi connectivity index (χ0) is 17.5. The van der Waals surface area contributed by atoms with Gasteiger partial charge in [-0.2, -0.15) is 0 Å². The van der Waals surface area contributed by atoms with Gasteiger partial charge < -0.3 is 15.3 Å². The van der Waals surface area contributed by atoms with Crippen LogP contribution in [0.1, 0.15) is 32.3 Å². The molecule has 0 heterocycles. The highest BCUT2D eigenvalue weighted by molar-refractivity contribution is 5.94. The first-order chi connectivity index (χ1) is 11.5. The molecular formula is C20H26N2O2. The summed E-state index contributed by atoms with van der Waals surface area (Å²) in [6, 6.07) is 17.6. The van der Waals surface area contributed by atoms with Crippen LogP contribution < -0.4 is 10.2 Å². The Hall–Kier alpha value is -2.33. The summed E-state index contributed by atoms with van der Waals surface area (Å²) >= 11 is 0. The summed E-state index contributed by atoms with van der Waals surface area (Å²) in [6.07, 6.45) is -0.511. The van der Waals surface area contributed by atoms with Crippen molar-refractivity contribution in [2.45, 2.75) is 32.8 Å². The molecule has 0 aliphatic rings. The SMILES string of the molecule is CC(O)CN(CC(=O)Nc1ccc(C(C)C)cc1)c1ccccc1. The number of aliphatic hydroxyl groups excluding tert-OH is 1. The van der Waals surface area contributed by atoms with Crippen molar-refractivity contribution in [1.29, 1.82) is 0 Å². The highest BCUT2D eigenvalue weighted by atomic mass is 16.3. The molecule has 0 aliphatic carbocycles. The minimum Gasteiger partial charge on any atom is -0.392 e. The number of nitrogens with zero attached hydrogens (tertiary/aromatic N) is 1. The fourth-order valence-electron chi connectivity index (χ4n) is 2.54. The topological polar surface area (TPSA) is 52.6 Å². The predicted octanol–water partition coefficient (Wildman–Crippen LogP) is 3.64. The molecule has 1 atom stereocenters. The lowest BCUT2D eigenvalue weighted by Gasteiger charge is -2.25. The van der Waals surface area contributed by atoms with Gasteiger partial charge in [0, 0.05) is 17.9 Å². The first kappa shape index (κ1) is 18.0. The van der Waals surface area contributed by atoms with Crippen LogP contribution in [0.5, 0.6) is 0 Å². The molecule has 4 nitrogen and oxygen atoms in total. The van der Waals surface area contributed by atoms with Crippen LogP contribution in [0.25, 0.3) is 0 Å². The van der Waals surface area contributed by atoms with Gasteiger partial charge >= 0.3 is 0 Å². The zero-order valence-corrected chi connectivity index (χ0v) is 14.6. The molecule has 1 unspecified atom stereocenters. The number of amides is 1. The van der Waals surface area contributed by atoms with E-state index in [-0.39, 0.29) is 12.5 Å². The highest BCUT2D eigenvalue weighted by Crippen LogP contribution is 2.18. The molecule has 24 heavy (non-hydrogen) atoms.